The molecule has 162 valence electrons. The number of nitro groups is 2. The monoisotopic (exact) mass is 514 g/mol. The first-order valence-corrected chi connectivity index (χ1v) is 9.92. The minimum absolute atomic E-state index is 0.0563. The second kappa shape index (κ2) is 7.75. The molecule has 0 saturated heterocycles. The summed E-state index contributed by atoms with van der Waals surface area (Å²) in [4.78, 5) is 47.2. The number of carbonyl (C=O) groups excluding carboxylic acids is 2. The lowest BCUT2D eigenvalue weighted by Crippen LogP contribution is -2.22. The van der Waals surface area contributed by atoms with Gasteiger partial charge in [-0.25, -0.2) is 0 Å². The Labute approximate surface area is 197 Å². The molecule has 0 radical (unpaired) electrons. The van der Waals surface area contributed by atoms with E-state index in [4.69, 9.17) is 46.4 Å². The van der Waals surface area contributed by atoms with Gasteiger partial charge in [0.2, 0.25) is 0 Å². The molecular weight excluding hydrogens is 510 g/mol. The fourth-order valence-electron chi connectivity index (χ4n) is 3.42. The molecule has 0 atom stereocenters. The molecule has 2 aromatic rings. The Balaban J connectivity index is 2.07. The number of hydrogen-bond acceptors (Lipinski definition) is 6. The molecule has 2 heterocycles. The maximum Gasteiger partial charge on any atom is 0.280 e. The van der Waals surface area contributed by atoms with Gasteiger partial charge >= 0.3 is 0 Å². The highest BCUT2D eigenvalue weighted by Gasteiger charge is 2.45. The molecule has 0 unspecified atom stereocenters. The van der Waals surface area contributed by atoms with Crippen molar-refractivity contribution >= 4 is 81.0 Å². The van der Waals surface area contributed by atoms with Crippen LogP contribution >= 0.6 is 46.4 Å². The van der Waals surface area contributed by atoms with E-state index in [9.17, 15) is 29.8 Å². The van der Waals surface area contributed by atoms with Crippen LogP contribution in [0.4, 0.5) is 11.4 Å². The van der Waals surface area contributed by atoms with E-state index in [1.807, 2.05) is 0 Å². The Morgan fingerprint density at radius 2 is 1.00 bits per heavy atom. The lowest BCUT2D eigenvalue weighted by atomic mass is 10.0. The SMILES string of the molecule is O=C1NC(c2c([N+](=O)[O-])ccc(Cl)c2Cl)=C2C(=O)NC(c3c([N+](=O)[O-])ccc(Cl)c3Cl)=C12. The highest BCUT2D eigenvalue weighted by Crippen LogP contribution is 2.46. The Kier molecular flexibility index (Phi) is 5.33. The molecule has 0 saturated carbocycles. The molecule has 2 amide bonds. The fourth-order valence-corrected chi connectivity index (χ4v) is 4.24. The van der Waals surface area contributed by atoms with E-state index in [1.54, 1.807) is 0 Å². The van der Waals surface area contributed by atoms with Gasteiger partial charge in [-0.15, -0.1) is 0 Å². The fraction of sp³-hybridized carbons (Fsp3) is 0. The van der Waals surface area contributed by atoms with Crippen LogP contribution in [0.3, 0.4) is 0 Å². The molecule has 2 aliphatic rings. The van der Waals surface area contributed by atoms with Crippen molar-refractivity contribution in [3.05, 3.63) is 86.9 Å². The number of rotatable bonds is 4. The van der Waals surface area contributed by atoms with Crippen molar-refractivity contribution in [3.63, 3.8) is 0 Å². The normalized spacial score (nSPS) is 15.1. The van der Waals surface area contributed by atoms with Crippen LogP contribution in [0.5, 0.6) is 0 Å². The average molecular weight is 516 g/mol. The van der Waals surface area contributed by atoms with Gasteiger partial charge in [0.25, 0.3) is 23.2 Å². The molecule has 32 heavy (non-hydrogen) atoms. The second-order valence-electron chi connectivity index (χ2n) is 6.43. The highest BCUT2D eigenvalue weighted by molar-refractivity contribution is 6.45. The first-order valence-electron chi connectivity index (χ1n) is 8.41. The van der Waals surface area contributed by atoms with Gasteiger partial charge in [-0.05, 0) is 12.1 Å². The van der Waals surface area contributed by atoms with Crippen LogP contribution in [-0.2, 0) is 9.59 Å². The summed E-state index contributed by atoms with van der Waals surface area (Å²) in [6, 6.07) is 4.52. The predicted octanol–water partition coefficient (Wildman–Crippen LogP) is 4.50. The molecule has 2 N–H and O–H groups in total. The van der Waals surface area contributed by atoms with Crippen molar-refractivity contribution in [2.45, 2.75) is 0 Å². The average Bonchev–Trinajstić information content (AvgIpc) is 3.23. The Morgan fingerprint density at radius 1 is 0.656 bits per heavy atom. The maximum atomic E-state index is 12.8. The predicted molar refractivity (Wildman–Crippen MR) is 116 cm³/mol. The van der Waals surface area contributed by atoms with Gasteiger partial charge in [0.1, 0.15) is 0 Å². The highest BCUT2D eigenvalue weighted by atomic mass is 35.5. The van der Waals surface area contributed by atoms with Gasteiger partial charge in [0, 0.05) is 12.1 Å². The van der Waals surface area contributed by atoms with Crippen LogP contribution in [0.2, 0.25) is 20.1 Å². The number of benzene rings is 2. The summed E-state index contributed by atoms with van der Waals surface area (Å²) in [6.07, 6.45) is 0. The smallest absolute Gasteiger partial charge is 0.280 e. The van der Waals surface area contributed by atoms with Gasteiger partial charge in [-0.2, -0.15) is 0 Å². The maximum absolute atomic E-state index is 12.8. The van der Waals surface area contributed by atoms with Crippen LogP contribution in [0.1, 0.15) is 11.1 Å². The van der Waals surface area contributed by atoms with Gasteiger partial charge < -0.3 is 10.6 Å². The van der Waals surface area contributed by atoms with Crippen molar-refractivity contribution in [2.75, 3.05) is 0 Å². The molecule has 0 fully saturated rings. The zero-order valence-electron chi connectivity index (χ0n) is 15.2. The molecule has 0 aliphatic carbocycles. The first-order chi connectivity index (χ1) is 15.0. The van der Waals surface area contributed by atoms with Crippen LogP contribution < -0.4 is 10.6 Å². The summed E-state index contributed by atoms with van der Waals surface area (Å²) in [5, 5.41) is 27.2. The molecule has 0 spiro atoms. The van der Waals surface area contributed by atoms with Crippen LogP contribution in [-0.4, -0.2) is 21.7 Å². The van der Waals surface area contributed by atoms with E-state index in [2.05, 4.69) is 10.6 Å². The number of nitrogens with zero attached hydrogens (tertiary/aromatic N) is 2. The van der Waals surface area contributed by atoms with E-state index in [0.29, 0.717) is 0 Å². The van der Waals surface area contributed by atoms with Crippen molar-refractivity contribution in [1.82, 2.24) is 10.6 Å². The standard InChI is InChI=1S/C18H6Cl4N4O6/c19-5-1-3-7(25(29)30)9(13(5)21)15-11-12(18(28)23-15)16(24-17(11)27)10-8(26(31)32)4-2-6(20)14(10)22/h1-4H,(H,23,28)(H,24,27). The number of nitro benzene ring substituents is 2. The van der Waals surface area contributed by atoms with Crippen molar-refractivity contribution in [1.29, 1.82) is 0 Å². The topological polar surface area (TPSA) is 144 Å². The minimum Gasteiger partial charge on any atom is -0.320 e. The number of halogens is 4. The third kappa shape index (κ3) is 3.19. The van der Waals surface area contributed by atoms with Crippen molar-refractivity contribution < 1.29 is 19.4 Å². The van der Waals surface area contributed by atoms with Crippen LogP contribution in [0.25, 0.3) is 11.4 Å². The summed E-state index contributed by atoms with van der Waals surface area (Å²) in [5.41, 5.74) is -2.75. The molecule has 14 heteroatoms. The van der Waals surface area contributed by atoms with Crippen molar-refractivity contribution in [2.24, 2.45) is 0 Å². The molecular formula is C18H6Cl4N4O6. The lowest BCUT2D eigenvalue weighted by molar-refractivity contribution is -0.385. The number of hydrogen-bond donors (Lipinski definition) is 2. The first kappa shape index (κ1) is 22.0. The van der Waals surface area contributed by atoms with E-state index in [-0.39, 0.29) is 53.8 Å². The molecule has 0 aromatic heterocycles. The minimum atomic E-state index is -0.862. The van der Waals surface area contributed by atoms with Crippen LogP contribution in [0.15, 0.2) is 35.4 Å². The van der Waals surface area contributed by atoms with Crippen LogP contribution in [0, 0.1) is 20.2 Å². The quantitative estimate of drug-likeness (QED) is 0.453. The van der Waals surface area contributed by atoms with Crippen molar-refractivity contribution in [3.8, 4) is 0 Å². The van der Waals surface area contributed by atoms with E-state index >= 15 is 0 Å². The van der Waals surface area contributed by atoms with E-state index in [1.165, 1.54) is 12.1 Å². The molecule has 2 aromatic carbocycles. The molecule has 10 nitrogen and oxygen atoms in total. The number of carbonyl (C=O) groups is 2. The van der Waals surface area contributed by atoms with Gasteiger partial charge in [0.05, 0.1) is 63.6 Å². The van der Waals surface area contributed by atoms with E-state index in [0.717, 1.165) is 12.1 Å². The Hall–Kier alpha value is -3.18. The Bertz CT molecular complexity index is 1260. The summed E-state index contributed by atoms with van der Waals surface area (Å²) in [6.45, 7) is 0. The van der Waals surface area contributed by atoms with Gasteiger partial charge in [-0.1, -0.05) is 46.4 Å². The lowest BCUT2D eigenvalue weighted by Gasteiger charge is -2.11. The summed E-state index contributed by atoms with van der Waals surface area (Å²) < 4.78 is 0. The third-order valence-corrected chi connectivity index (χ3v) is 6.33. The third-order valence-electron chi connectivity index (χ3n) is 4.72. The van der Waals surface area contributed by atoms with Gasteiger partial charge in [-0.3, -0.25) is 29.8 Å². The number of fused-ring (bicyclic) bond motifs is 1. The Morgan fingerprint density at radius 3 is 1.31 bits per heavy atom. The zero-order valence-corrected chi connectivity index (χ0v) is 18.2. The second-order valence-corrected chi connectivity index (χ2v) is 8.00. The van der Waals surface area contributed by atoms with Gasteiger partial charge in [0.15, 0.2) is 0 Å². The number of amides is 2. The van der Waals surface area contributed by atoms with E-state index < -0.39 is 33.0 Å². The molecule has 0 bridgehead atoms. The molecule has 4 rings (SSSR count). The summed E-state index contributed by atoms with van der Waals surface area (Å²) in [7, 11) is 0. The number of nitrogens with one attached hydrogen (secondary N) is 2. The summed E-state index contributed by atoms with van der Waals surface area (Å²) in [5.74, 6) is -1.72. The molecule has 2 aliphatic heterocycles. The largest absolute Gasteiger partial charge is 0.320 e. The summed E-state index contributed by atoms with van der Waals surface area (Å²) >= 11 is 24.3. The zero-order chi connectivity index (χ0) is 23.5.